The van der Waals surface area contributed by atoms with E-state index in [9.17, 15) is 23.7 Å². The fraction of sp³-hybridized carbons (Fsp3) is 0.417. The number of likely N-dealkylation sites (N-methyl/N-ethyl adjacent to an activating group) is 1. The number of rotatable bonds is 4. The molecule has 1 saturated heterocycles. The van der Waals surface area contributed by atoms with E-state index in [4.69, 9.17) is 0 Å². The highest BCUT2D eigenvalue weighted by molar-refractivity contribution is 5.83. The van der Waals surface area contributed by atoms with Crippen molar-refractivity contribution in [1.82, 2.24) is 10.2 Å². The van der Waals surface area contributed by atoms with Crippen molar-refractivity contribution in [1.29, 1.82) is 0 Å². The second kappa shape index (κ2) is 5.49. The van der Waals surface area contributed by atoms with E-state index in [0.717, 1.165) is 6.07 Å². The number of carbonyl (C=O) groups excluding carboxylic acids is 1. The zero-order valence-corrected chi connectivity index (χ0v) is 10.7. The number of benzene rings is 1. The van der Waals surface area contributed by atoms with Crippen LogP contribution in [0.5, 0.6) is 0 Å². The lowest BCUT2D eigenvalue weighted by Gasteiger charge is -2.12. The Morgan fingerprint density at radius 1 is 1.45 bits per heavy atom. The van der Waals surface area contributed by atoms with Crippen molar-refractivity contribution in [2.45, 2.75) is 19.0 Å². The summed E-state index contributed by atoms with van der Waals surface area (Å²) in [6.07, 6.45) is 0.584. The van der Waals surface area contributed by atoms with Gasteiger partial charge in [0.1, 0.15) is 5.82 Å². The molecule has 1 fully saturated rings. The van der Waals surface area contributed by atoms with Gasteiger partial charge in [0.15, 0.2) is 0 Å². The molecule has 1 atom stereocenters. The van der Waals surface area contributed by atoms with Gasteiger partial charge >= 0.3 is 5.69 Å². The molecule has 1 heterocycles. The molecule has 8 heteroatoms. The molecule has 20 heavy (non-hydrogen) atoms. The van der Waals surface area contributed by atoms with E-state index in [1.807, 2.05) is 0 Å². The molecule has 1 aromatic rings. The van der Waals surface area contributed by atoms with Crippen molar-refractivity contribution < 1.29 is 18.5 Å². The average Bonchev–Trinajstić information content (AvgIpc) is 2.69. The Kier molecular flexibility index (Phi) is 3.93. The molecule has 0 spiro atoms. The van der Waals surface area contributed by atoms with Crippen molar-refractivity contribution in [2.24, 2.45) is 0 Å². The monoisotopic (exact) mass is 285 g/mol. The van der Waals surface area contributed by atoms with Gasteiger partial charge in [0.2, 0.25) is 11.7 Å². The summed E-state index contributed by atoms with van der Waals surface area (Å²) in [4.78, 5) is 22.9. The Morgan fingerprint density at radius 3 is 2.70 bits per heavy atom. The van der Waals surface area contributed by atoms with Gasteiger partial charge in [0, 0.05) is 37.8 Å². The van der Waals surface area contributed by atoms with Crippen molar-refractivity contribution in [3.8, 4) is 0 Å². The maximum Gasteiger partial charge on any atom is 0.305 e. The zero-order valence-electron chi connectivity index (χ0n) is 10.7. The van der Waals surface area contributed by atoms with Gasteiger partial charge in [0.05, 0.1) is 11.0 Å². The minimum Gasteiger partial charge on any atom is -0.344 e. The Labute approximate surface area is 113 Å². The molecule has 0 aliphatic carbocycles. The number of hydrogen-bond donors (Lipinski definition) is 1. The lowest BCUT2D eigenvalue weighted by atomic mass is 10.1. The Bertz CT molecular complexity index is 565. The molecule has 1 amide bonds. The first-order valence-electron chi connectivity index (χ1n) is 6.01. The fourth-order valence-electron chi connectivity index (χ4n) is 2.10. The van der Waals surface area contributed by atoms with Crippen molar-refractivity contribution in [2.75, 3.05) is 13.6 Å². The number of nitro benzene ring substituents is 1. The summed E-state index contributed by atoms with van der Waals surface area (Å²) >= 11 is 0. The number of nitro groups is 1. The lowest BCUT2D eigenvalue weighted by molar-refractivity contribution is -0.387. The van der Waals surface area contributed by atoms with Crippen LogP contribution in [-0.2, 0) is 11.3 Å². The molecule has 0 radical (unpaired) electrons. The van der Waals surface area contributed by atoms with E-state index in [1.54, 1.807) is 11.9 Å². The zero-order chi connectivity index (χ0) is 14.9. The van der Waals surface area contributed by atoms with Crippen LogP contribution < -0.4 is 5.32 Å². The van der Waals surface area contributed by atoms with E-state index in [-0.39, 0.29) is 18.0 Å². The summed E-state index contributed by atoms with van der Waals surface area (Å²) in [5.41, 5.74) is -0.821. The Hall–Kier alpha value is -2.09. The molecular formula is C12H13F2N3O3. The van der Waals surface area contributed by atoms with Crippen LogP contribution in [0.15, 0.2) is 12.1 Å². The summed E-state index contributed by atoms with van der Waals surface area (Å²) < 4.78 is 26.7. The molecule has 1 aromatic carbocycles. The van der Waals surface area contributed by atoms with Crippen molar-refractivity contribution in [3.63, 3.8) is 0 Å². The molecule has 1 aliphatic rings. The second-order valence-electron chi connectivity index (χ2n) is 4.63. The maximum atomic E-state index is 13.5. The maximum absolute atomic E-state index is 13.5. The van der Waals surface area contributed by atoms with Crippen LogP contribution in [0.2, 0.25) is 0 Å². The van der Waals surface area contributed by atoms with Crippen molar-refractivity contribution in [3.05, 3.63) is 39.4 Å². The molecule has 108 valence electrons. The molecular weight excluding hydrogens is 272 g/mol. The summed E-state index contributed by atoms with van der Waals surface area (Å²) in [5.74, 6) is -2.20. The van der Waals surface area contributed by atoms with Gasteiger partial charge in [-0.2, -0.15) is 4.39 Å². The highest BCUT2D eigenvalue weighted by Gasteiger charge is 2.29. The lowest BCUT2D eigenvalue weighted by Crippen LogP contribution is -2.36. The molecule has 1 aliphatic heterocycles. The van der Waals surface area contributed by atoms with E-state index >= 15 is 0 Å². The number of carbonyl (C=O) groups is 1. The predicted molar refractivity (Wildman–Crippen MR) is 65.9 cm³/mol. The van der Waals surface area contributed by atoms with Crippen LogP contribution in [0.3, 0.4) is 0 Å². The van der Waals surface area contributed by atoms with Crippen LogP contribution in [-0.4, -0.2) is 35.4 Å². The molecule has 0 aromatic heterocycles. The van der Waals surface area contributed by atoms with E-state index in [2.05, 4.69) is 5.32 Å². The largest absolute Gasteiger partial charge is 0.344 e. The van der Waals surface area contributed by atoms with Crippen LogP contribution in [0.25, 0.3) is 0 Å². The molecule has 1 unspecified atom stereocenters. The average molecular weight is 285 g/mol. The SMILES string of the molecule is CN1CCC(NCc2cc([N+](=O)[O-])c(F)cc2F)C1=O. The van der Waals surface area contributed by atoms with Gasteiger partial charge in [0.25, 0.3) is 0 Å². The minimum absolute atomic E-state index is 0.0412. The summed E-state index contributed by atoms with van der Waals surface area (Å²) in [6.45, 7) is 0.528. The van der Waals surface area contributed by atoms with Gasteiger partial charge in [-0.25, -0.2) is 4.39 Å². The van der Waals surface area contributed by atoms with Crippen molar-refractivity contribution >= 4 is 11.6 Å². The number of nitrogens with one attached hydrogen (secondary N) is 1. The van der Waals surface area contributed by atoms with Gasteiger partial charge in [-0.05, 0) is 6.42 Å². The van der Waals surface area contributed by atoms with E-state index in [1.165, 1.54) is 0 Å². The second-order valence-corrected chi connectivity index (χ2v) is 4.63. The highest BCUT2D eigenvalue weighted by atomic mass is 19.1. The Morgan fingerprint density at radius 2 is 2.15 bits per heavy atom. The standard InChI is InChI=1S/C12H13F2N3O3/c1-16-3-2-10(12(16)18)15-6-7-4-11(17(19)20)9(14)5-8(7)13/h4-5,10,15H,2-3,6H2,1H3. The minimum atomic E-state index is -1.21. The highest BCUT2D eigenvalue weighted by Crippen LogP contribution is 2.22. The molecule has 2 rings (SSSR count). The number of hydrogen-bond acceptors (Lipinski definition) is 4. The van der Waals surface area contributed by atoms with Crippen LogP contribution in [0, 0.1) is 21.7 Å². The predicted octanol–water partition coefficient (Wildman–Crippen LogP) is 1.19. The number of likely N-dealkylation sites (tertiary alicyclic amines) is 1. The summed E-state index contributed by atoms with van der Waals surface area (Å²) in [6, 6.07) is 0.891. The molecule has 0 saturated carbocycles. The molecule has 1 N–H and O–H groups in total. The third-order valence-corrected chi connectivity index (χ3v) is 3.28. The van der Waals surface area contributed by atoms with Crippen LogP contribution >= 0.6 is 0 Å². The van der Waals surface area contributed by atoms with Gasteiger partial charge in [-0.3, -0.25) is 14.9 Å². The first-order valence-corrected chi connectivity index (χ1v) is 6.01. The number of halogens is 2. The molecule has 6 nitrogen and oxygen atoms in total. The van der Waals surface area contributed by atoms with E-state index < -0.39 is 28.3 Å². The first-order chi connectivity index (χ1) is 9.40. The number of nitrogens with zero attached hydrogens (tertiary/aromatic N) is 2. The summed E-state index contributed by atoms with van der Waals surface area (Å²) in [5, 5.41) is 13.4. The van der Waals surface area contributed by atoms with Gasteiger partial charge in [-0.15, -0.1) is 0 Å². The quantitative estimate of drug-likeness (QED) is 0.666. The van der Waals surface area contributed by atoms with Crippen LogP contribution in [0.1, 0.15) is 12.0 Å². The van der Waals surface area contributed by atoms with E-state index in [0.29, 0.717) is 19.0 Å². The van der Waals surface area contributed by atoms with Gasteiger partial charge in [-0.1, -0.05) is 0 Å². The molecule has 0 bridgehead atoms. The normalized spacial score (nSPS) is 18.6. The fourth-order valence-corrected chi connectivity index (χ4v) is 2.10. The topological polar surface area (TPSA) is 75.5 Å². The smallest absolute Gasteiger partial charge is 0.305 e. The third-order valence-electron chi connectivity index (χ3n) is 3.28. The first kappa shape index (κ1) is 14.3. The Balaban J connectivity index is 2.12. The van der Waals surface area contributed by atoms with Crippen LogP contribution in [0.4, 0.5) is 14.5 Å². The summed E-state index contributed by atoms with van der Waals surface area (Å²) in [7, 11) is 1.66. The number of amides is 1. The van der Waals surface area contributed by atoms with Gasteiger partial charge < -0.3 is 10.2 Å². The third kappa shape index (κ3) is 2.74.